The van der Waals surface area contributed by atoms with Gasteiger partial charge >= 0.3 is 0 Å². The van der Waals surface area contributed by atoms with E-state index in [1.165, 1.54) is 12.2 Å². The van der Waals surface area contributed by atoms with Crippen LogP contribution in [0.2, 0.25) is 0 Å². The second-order valence-corrected chi connectivity index (χ2v) is 4.59. The lowest BCUT2D eigenvalue weighted by Gasteiger charge is -2.12. The lowest BCUT2D eigenvalue weighted by atomic mass is 10.3. The molecule has 0 aliphatic rings. The van der Waals surface area contributed by atoms with Gasteiger partial charge in [0.25, 0.3) is 0 Å². The molecule has 124 valence electrons. The Morgan fingerprint density at radius 1 is 1.14 bits per heavy atom. The van der Waals surface area contributed by atoms with Gasteiger partial charge in [0.2, 0.25) is 11.8 Å². The van der Waals surface area contributed by atoms with E-state index in [1.807, 2.05) is 19.9 Å². The molecule has 6 heteroatoms. The Balaban J connectivity index is 3.68. The van der Waals surface area contributed by atoms with Gasteiger partial charge in [0.1, 0.15) is 6.61 Å². The zero-order chi connectivity index (χ0) is 16.8. The normalized spacial score (nSPS) is 12.2. The summed E-state index contributed by atoms with van der Waals surface area (Å²) < 4.78 is 11.0. The molecule has 0 aromatic heterocycles. The third kappa shape index (κ3) is 11.7. The molecule has 0 saturated heterocycles. The molecule has 0 aliphatic carbocycles. The van der Waals surface area contributed by atoms with Crippen molar-refractivity contribution in [3.05, 3.63) is 37.1 Å². The summed E-state index contributed by atoms with van der Waals surface area (Å²) in [6, 6.07) is 0. The molecular formula is C16H26N2O4. The Hall–Kier alpha value is -2.08. The first kappa shape index (κ1) is 19.9. The van der Waals surface area contributed by atoms with Crippen molar-refractivity contribution in [3.8, 4) is 0 Å². The largest absolute Gasteiger partial charge is 0.497 e. The van der Waals surface area contributed by atoms with Crippen molar-refractivity contribution >= 4 is 11.8 Å². The highest BCUT2D eigenvalue weighted by atomic mass is 16.5. The predicted octanol–water partition coefficient (Wildman–Crippen LogP) is 1.31. The second kappa shape index (κ2) is 12.6. The maximum atomic E-state index is 11.0. The highest BCUT2D eigenvalue weighted by molar-refractivity contribution is 5.87. The first-order valence-electron chi connectivity index (χ1n) is 7.21. The monoisotopic (exact) mass is 310 g/mol. The average molecular weight is 310 g/mol. The Labute approximate surface area is 132 Å². The first-order valence-corrected chi connectivity index (χ1v) is 7.21. The molecule has 1 unspecified atom stereocenters. The quantitative estimate of drug-likeness (QED) is 0.324. The van der Waals surface area contributed by atoms with Crippen molar-refractivity contribution in [3.63, 3.8) is 0 Å². The number of allylic oxidation sites excluding steroid dienone is 1. The van der Waals surface area contributed by atoms with Gasteiger partial charge < -0.3 is 20.1 Å². The minimum absolute atomic E-state index is 0.0287. The molecule has 0 heterocycles. The third-order valence-electron chi connectivity index (χ3n) is 2.70. The molecule has 6 nitrogen and oxygen atoms in total. The molecular weight excluding hydrogens is 284 g/mol. The van der Waals surface area contributed by atoms with Crippen LogP contribution in [0.1, 0.15) is 20.3 Å². The van der Waals surface area contributed by atoms with Gasteiger partial charge in [0.15, 0.2) is 0 Å². The van der Waals surface area contributed by atoms with Crippen molar-refractivity contribution < 1.29 is 19.1 Å². The van der Waals surface area contributed by atoms with Gasteiger partial charge in [-0.15, -0.1) is 0 Å². The standard InChI is InChI=1S/C16H26N2O4/c1-5-15(19)17-9-7-13(3)21-11-8-14(4)22-12-10-18-16(20)6-2/h5-6,8,13H,1-2,7,9-12H2,3-4H3,(H,17,19)(H,18,20)/b14-8+. The van der Waals surface area contributed by atoms with Crippen LogP contribution >= 0.6 is 0 Å². The maximum absolute atomic E-state index is 11.0. The summed E-state index contributed by atoms with van der Waals surface area (Å²) in [5.74, 6) is 0.339. The molecule has 0 rings (SSSR count). The van der Waals surface area contributed by atoms with Crippen molar-refractivity contribution in [1.29, 1.82) is 0 Å². The SMILES string of the molecule is C=CC(=O)NCCO/C(C)=C/COC(C)CCNC(=O)C=C. The molecule has 0 saturated carbocycles. The summed E-state index contributed by atoms with van der Waals surface area (Å²) in [7, 11) is 0. The lowest BCUT2D eigenvalue weighted by Crippen LogP contribution is -2.25. The van der Waals surface area contributed by atoms with Gasteiger partial charge in [-0.25, -0.2) is 0 Å². The maximum Gasteiger partial charge on any atom is 0.243 e. The highest BCUT2D eigenvalue weighted by Gasteiger charge is 2.02. The lowest BCUT2D eigenvalue weighted by molar-refractivity contribution is -0.117. The Kier molecular flexibility index (Phi) is 11.4. The molecule has 0 fully saturated rings. The number of rotatable bonds is 12. The van der Waals surface area contributed by atoms with Crippen molar-refractivity contribution in [2.24, 2.45) is 0 Å². The molecule has 0 bridgehead atoms. The van der Waals surface area contributed by atoms with E-state index in [4.69, 9.17) is 9.47 Å². The van der Waals surface area contributed by atoms with Crippen LogP contribution in [0, 0.1) is 0 Å². The van der Waals surface area contributed by atoms with Crippen LogP contribution in [0.15, 0.2) is 37.1 Å². The molecule has 0 aromatic rings. The van der Waals surface area contributed by atoms with Gasteiger partial charge in [-0.05, 0) is 38.5 Å². The predicted molar refractivity (Wildman–Crippen MR) is 86.2 cm³/mol. The molecule has 0 radical (unpaired) electrons. The fraction of sp³-hybridized carbons (Fsp3) is 0.500. The van der Waals surface area contributed by atoms with E-state index in [-0.39, 0.29) is 17.9 Å². The van der Waals surface area contributed by atoms with Crippen LogP contribution in [-0.4, -0.2) is 44.2 Å². The number of hydrogen-bond donors (Lipinski definition) is 2. The summed E-state index contributed by atoms with van der Waals surface area (Å²) in [6.07, 6.45) is 5.04. The third-order valence-corrected chi connectivity index (χ3v) is 2.70. The van der Waals surface area contributed by atoms with Crippen molar-refractivity contribution in [1.82, 2.24) is 10.6 Å². The molecule has 2 amide bonds. The minimum Gasteiger partial charge on any atom is -0.497 e. The van der Waals surface area contributed by atoms with Gasteiger partial charge in [0, 0.05) is 6.54 Å². The number of amides is 2. The zero-order valence-electron chi connectivity index (χ0n) is 13.4. The number of carbonyl (C=O) groups excluding carboxylic acids is 2. The number of ether oxygens (including phenoxy) is 2. The zero-order valence-corrected chi connectivity index (χ0v) is 13.4. The van der Waals surface area contributed by atoms with Crippen LogP contribution in [0.25, 0.3) is 0 Å². The topological polar surface area (TPSA) is 76.7 Å². The van der Waals surface area contributed by atoms with E-state index in [2.05, 4.69) is 23.8 Å². The number of nitrogens with one attached hydrogen (secondary N) is 2. The fourth-order valence-electron chi connectivity index (χ4n) is 1.40. The van der Waals surface area contributed by atoms with E-state index in [9.17, 15) is 9.59 Å². The van der Waals surface area contributed by atoms with Crippen LogP contribution in [0.5, 0.6) is 0 Å². The summed E-state index contributed by atoms with van der Waals surface area (Å²) in [5.41, 5.74) is 0. The Morgan fingerprint density at radius 3 is 2.32 bits per heavy atom. The van der Waals surface area contributed by atoms with E-state index in [0.29, 0.717) is 26.3 Å². The summed E-state index contributed by atoms with van der Waals surface area (Å²) in [6.45, 7) is 12.3. The first-order chi connectivity index (χ1) is 10.5. The number of carbonyl (C=O) groups is 2. The Morgan fingerprint density at radius 2 is 1.73 bits per heavy atom. The van der Waals surface area contributed by atoms with Crippen LogP contribution in [0.3, 0.4) is 0 Å². The van der Waals surface area contributed by atoms with Crippen LogP contribution in [0.4, 0.5) is 0 Å². The molecule has 2 N–H and O–H groups in total. The molecule has 0 aliphatic heterocycles. The van der Waals surface area contributed by atoms with E-state index in [0.717, 1.165) is 12.2 Å². The molecule has 22 heavy (non-hydrogen) atoms. The second-order valence-electron chi connectivity index (χ2n) is 4.59. The van der Waals surface area contributed by atoms with Gasteiger partial charge in [-0.1, -0.05) is 13.2 Å². The molecule has 1 atom stereocenters. The fourth-order valence-corrected chi connectivity index (χ4v) is 1.40. The van der Waals surface area contributed by atoms with E-state index >= 15 is 0 Å². The molecule has 0 spiro atoms. The Bertz CT molecular complexity index is 405. The summed E-state index contributed by atoms with van der Waals surface area (Å²) in [5, 5.41) is 5.31. The minimum atomic E-state index is -0.217. The van der Waals surface area contributed by atoms with E-state index in [1.54, 1.807) is 0 Å². The van der Waals surface area contributed by atoms with Crippen molar-refractivity contribution in [2.75, 3.05) is 26.3 Å². The van der Waals surface area contributed by atoms with Crippen LogP contribution in [-0.2, 0) is 19.1 Å². The smallest absolute Gasteiger partial charge is 0.243 e. The van der Waals surface area contributed by atoms with Gasteiger partial charge in [-0.2, -0.15) is 0 Å². The average Bonchev–Trinajstić information content (AvgIpc) is 2.50. The highest BCUT2D eigenvalue weighted by Crippen LogP contribution is 1.99. The summed E-state index contributed by atoms with van der Waals surface area (Å²) in [4.78, 5) is 21.9. The van der Waals surface area contributed by atoms with Gasteiger partial charge in [-0.3, -0.25) is 9.59 Å². The van der Waals surface area contributed by atoms with Gasteiger partial charge in [0.05, 0.1) is 25.0 Å². The van der Waals surface area contributed by atoms with Crippen LogP contribution < -0.4 is 10.6 Å². The summed E-state index contributed by atoms with van der Waals surface area (Å²) >= 11 is 0. The van der Waals surface area contributed by atoms with Crippen molar-refractivity contribution in [2.45, 2.75) is 26.4 Å². The number of hydrogen-bond acceptors (Lipinski definition) is 4. The molecule has 0 aromatic carbocycles. The van der Waals surface area contributed by atoms with E-state index < -0.39 is 0 Å².